The van der Waals surface area contributed by atoms with Crippen molar-refractivity contribution in [3.8, 4) is 0 Å². The minimum absolute atomic E-state index is 0.0845. The Kier molecular flexibility index (Phi) is 62.5. The van der Waals surface area contributed by atoms with Gasteiger partial charge in [-0.05, 0) is 69.1 Å². The topological polar surface area (TPSA) is 237 Å². The Morgan fingerprint density at radius 2 is 0.634 bits per heavy atom. The van der Waals surface area contributed by atoms with Gasteiger partial charge in [-0.3, -0.25) is 37.3 Å². The van der Waals surface area contributed by atoms with Crippen LogP contribution in [0.1, 0.15) is 350 Å². The molecule has 0 aliphatic heterocycles. The van der Waals surface area contributed by atoms with Crippen molar-refractivity contribution in [2.24, 2.45) is 17.8 Å². The van der Waals surface area contributed by atoms with Crippen LogP contribution >= 0.6 is 15.6 Å². The van der Waals surface area contributed by atoms with Crippen LogP contribution in [0.4, 0.5) is 0 Å². The van der Waals surface area contributed by atoms with Crippen LogP contribution < -0.4 is 0 Å². The molecule has 0 aliphatic rings. The molecule has 0 aromatic rings. The average molecular weight is 1360 g/mol. The molecule has 0 aromatic carbocycles. The normalized spacial score (nSPS) is 14.6. The first kappa shape index (κ1) is 90.5. The van der Waals surface area contributed by atoms with Crippen molar-refractivity contribution in [3.63, 3.8) is 0 Å². The largest absolute Gasteiger partial charge is 0.472 e. The van der Waals surface area contributed by atoms with Crippen molar-refractivity contribution in [1.82, 2.24) is 0 Å². The van der Waals surface area contributed by atoms with E-state index in [2.05, 4.69) is 72.8 Å². The number of aliphatic hydroxyl groups excluding tert-OH is 1. The van der Waals surface area contributed by atoms with E-state index in [1.807, 2.05) is 0 Å². The minimum atomic E-state index is -4.96. The van der Waals surface area contributed by atoms with Crippen molar-refractivity contribution in [2.45, 2.75) is 369 Å². The molecule has 0 aliphatic carbocycles. The second-order valence-electron chi connectivity index (χ2n) is 27.2. The lowest BCUT2D eigenvalue weighted by Crippen LogP contribution is -2.30. The fraction of sp³-hybridized carbons (Fsp3) is 0.892. The van der Waals surface area contributed by atoms with E-state index in [-0.39, 0.29) is 25.7 Å². The van der Waals surface area contributed by atoms with Crippen LogP contribution in [0.3, 0.4) is 0 Å². The van der Waals surface area contributed by atoms with Gasteiger partial charge >= 0.3 is 39.5 Å². The fourth-order valence-electron chi connectivity index (χ4n) is 10.7. The second kappa shape index (κ2) is 64.2. The van der Waals surface area contributed by atoms with Gasteiger partial charge < -0.3 is 33.8 Å². The lowest BCUT2D eigenvalue weighted by atomic mass is 9.99. The van der Waals surface area contributed by atoms with E-state index < -0.39 is 97.5 Å². The van der Waals surface area contributed by atoms with E-state index in [0.717, 1.165) is 121 Å². The Hall–Kier alpha value is -2.46. The molecule has 17 nitrogen and oxygen atoms in total. The average Bonchev–Trinajstić information content (AvgIpc) is 1.98. The Morgan fingerprint density at radius 3 is 0.957 bits per heavy atom. The third-order valence-electron chi connectivity index (χ3n) is 16.9. The molecule has 0 heterocycles. The molecule has 548 valence electrons. The maximum absolute atomic E-state index is 13.1. The van der Waals surface area contributed by atoms with Crippen LogP contribution in [-0.4, -0.2) is 96.7 Å². The molecule has 0 radical (unpaired) electrons. The van der Waals surface area contributed by atoms with Crippen molar-refractivity contribution in [1.29, 1.82) is 0 Å². The van der Waals surface area contributed by atoms with Crippen LogP contribution in [0.15, 0.2) is 24.3 Å². The molecule has 0 amide bonds. The van der Waals surface area contributed by atoms with Gasteiger partial charge in [0.2, 0.25) is 0 Å². The minimum Gasteiger partial charge on any atom is -0.462 e. The van der Waals surface area contributed by atoms with Crippen LogP contribution in [0, 0.1) is 17.8 Å². The molecule has 0 saturated heterocycles. The molecule has 19 heteroatoms. The highest BCUT2D eigenvalue weighted by atomic mass is 31.2. The molecular weight excluding hydrogens is 1220 g/mol. The Balaban J connectivity index is 5.30. The van der Waals surface area contributed by atoms with Gasteiger partial charge in [0.05, 0.1) is 26.4 Å². The molecule has 0 saturated carbocycles. The fourth-order valence-corrected chi connectivity index (χ4v) is 12.3. The molecule has 4 unspecified atom stereocenters. The van der Waals surface area contributed by atoms with E-state index >= 15 is 0 Å². The third-order valence-corrected chi connectivity index (χ3v) is 18.8. The summed E-state index contributed by atoms with van der Waals surface area (Å²) in [5.74, 6) is 0.121. The molecule has 93 heavy (non-hydrogen) atoms. The zero-order chi connectivity index (χ0) is 68.7. The maximum Gasteiger partial charge on any atom is 0.472 e. The van der Waals surface area contributed by atoms with E-state index in [1.165, 1.54) is 141 Å². The van der Waals surface area contributed by atoms with Gasteiger partial charge in [-0.1, -0.05) is 297 Å². The van der Waals surface area contributed by atoms with E-state index in [1.54, 1.807) is 0 Å². The van der Waals surface area contributed by atoms with Crippen molar-refractivity contribution in [2.75, 3.05) is 39.6 Å². The lowest BCUT2D eigenvalue weighted by molar-refractivity contribution is -0.161. The summed E-state index contributed by atoms with van der Waals surface area (Å²) >= 11 is 0. The van der Waals surface area contributed by atoms with E-state index in [0.29, 0.717) is 31.6 Å². The zero-order valence-electron chi connectivity index (χ0n) is 60.2. The van der Waals surface area contributed by atoms with Gasteiger partial charge in [0.1, 0.15) is 19.3 Å². The summed E-state index contributed by atoms with van der Waals surface area (Å²) in [5, 5.41) is 10.6. The predicted molar refractivity (Wildman–Crippen MR) is 377 cm³/mol. The number of allylic oxidation sites excluding steroid dienone is 4. The summed E-state index contributed by atoms with van der Waals surface area (Å²) in [7, 11) is -9.92. The van der Waals surface area contributed by atoms with Crippen LogP contribution in [-0.2, 0) is 65.4 Å². The summed E-state index contributed by atoms with van der Waals surface area (Å²) < 4.78 is 68.4. The number of carbonyl (C=O) groups excluding carboxylic acids is 4. The zero-order valence-corrected chi connectivity index (χ0v) is 62.0. The molecule has 3 N–H and O–H groups in total. The summed E-state index contributed by atoms with van der Waals surface area (Å²) in [6.45, 7) is 11.8. The van der Waals surface area contributed by atoms with Gasteiger partial charge in [-0.2, -0.15) is 0 Å². The summed E-state index contributed by atoms with van der Waals surface area (Å²) in [5.41, 5.74) is 0. The number of hydrogen-bond acceptors (Lipinski definition) is 15. The Morgan fingerprint density at radius 1 is 0.355 bits per heavy atom. The Bertz CT molecular complexity index is 1910. The van der Waals surface area contributed by atoms with Crippen LogP contribution in [0.2, 0.25) is 0 Å². The lowest BCUT2D eigenvalue weighted by Gasteiger charge is -2.21. The van der Waals surface area contributed by atoms with E-state index in [9.17, 15) is 43.2 Å². The molecule has 0 aromatic heterocycles. The molecule has 0 fully saturated rings. The standard InChI is InChI=1S/C74H140O17P2/c1-8-10-11-12-13-14-15-16-17-18-21-28-35-43-50-57-73(78)90-69(61-84-71(76)55-48-41-34-27-22-19-20-25-31-38-45-52-65(3)4)63-88-92(80,81)86-59-68(75)60-87-93(82,83)89-64-70(62-85-72(77)56-49-42-37-30-32-39-46-53-66(5)6)91-74(79)58-51-44-36-29-24-23-26-33-40-47-54-67(7)9-2/h14-17,65-70,75H,8-13,18-64H2,1-7H3,(H,80,81)(H,82,83)/b15-14-,17-16-/t67?,68?,69-,70-/m1/s1. The maximum atomic E-state index is 13.1. The van der Waals surface area contributed by atoms with Crippen LogP contribution in [0.5, 0.6) is 0 Å². The number of aliphatic hydroxyl groups is 1. The summed E-state index contributed by atoms with van der Waals surface area (Å²) in [6, 6.07) is 0. The quantitative estimate of drug-likeness (QED) is 0.0169. The number of ether oxygens (including phenoxy) is 4. The number of phosphoric ester groups is 2. The third kappa shape index (κ3) is 66.6. The molecule has 6 atom stereocenters. The van der Waals surface area contributed by atoms with Gasteiger partial charge in [-0.25, -0.2) is 9.13 Å². The molecule has 0 bridgehead atoms. The number of esters is 4. The number of rotatable bonds is 70. The molecular formula is C74H140O17P2. The number of unbranched alkanes of at least 4 members (excludes halogenated alkanes) is 34. The summed E-state index contributed by atoms with van der Waals surface area (Å²) in [4.78, 5) is 72.7. The van der Waals surface area contributed by atoms with Crippen molar-refractivity contribution >= 4 is 39.5 Å². The number of hydrogen-bond donors (Lipinski definition) is 3. The van der Waals surface area contributed by atoms with Gasteiger partial charge in [-0.15, -0.1) is 0 Å². The highest BCUT2D eigenvalue weighted by molar-refractivity contribution is 7.47. The first-order valence-electron chi connectivity index (χ1n) is 37.7. The second-order valence-corrected chi connectivity index (χ2v) is 30.1. The Labute approximate surface area is 567 Å². The van der Waals surface area contributed by atoms with Gasteiger partial charge in [0, 0.05) is 25.7 Å². The number of phosphoric acid groups is 2. The highest BCUT2D eigenvalue weighted by Gasteiger charge is 2.30. The van der Waals surface area contributed by atoms with Gasteiger partial charge in [0.25, 0.3) is 0 Å². The molecule has 0 rings (SSSR count). The first-order valence-corrected chi connectivity index (χ1v) is 40.7. The summed E-state index contributed by atoms with van der Waals surface area (Å²) in [6.07, 6.45) is 52.1. The predicted octanol–water partition coefficient (Wildman–Crippen LogP) is 21.0. The monoisotopic (exact) mass is 1360 g/mol. The number of carbonyl (C=O) groups is 4. The van der Waals surface area contributed by atoms with Gasteiger partial charge in [0.15, 0.2) is 12.2 Å². The smallest absolute Gasteiger partial charge is 0.462 e. The highest BCUT2D eigenvalue weighted by Crippen LogP contribution is 2.45. The van der Waals surface area contributed by atoms with E-state index in [4.69, 9.17) is 37.0 Å². The SMILES string of the molecule is CCCCCC/C=C\C=C/CCCCCCCC(=O)O[C@H](COC(=O)CCCCCCCCCCCCCC(C)C)COP(=O)(O)OCC(O)COP(=O)(O)OC[C@@H](COC(=O)CCCCCCCCCC(C)C)OC(=O)CCCCCCCCCCCCC(C)CC. The van der Waals surface area contributed by atoms with Crippen LogP contribution in [0.25, 0.3) is 0 Å². The van der Waals surface area contributed by atoms with Crippen molar-refractivity contribution in [3.05, 3.63) is 24.3 Å². The first-order chi connectivity index (χ1) is 44.8. The van der Waals surface area contributed by atoms with Crippen molar-refractivity contribution < 1.29 is 80.2 Å². The molecule has 0 spiro atoms.